The highest BCUT2D eigenvalue weighted by molar-refractivity contribution is 6.32. The highest BCUT2D eigenvalue weighted by atomic mass is 35.5. The summed E-state index contributed by atoms with van der Waals surface area (Å²) in [6.45, 7) is 3.58. The van der Waals surface area contributed by atoms with E-state index in [9.17, 15) is 4.79 Å². The molecule has 1 aromatic heterocycles. The van der Waals surface area contributed by atoms with Crippen LogP contribution in [-0.4, -0.2) is 13.0 Å². The molecule has 0 spiro atoms. The van der Waals surface area contributed by atoms with E-state index < -0.39 is 0 Å². The lowest BCUT2D eigenvalue weighted by molar-refractivity contribution is 0.102. The Hall–Kier alpha value is -1.94. The fraction of sp³-hybridized carbons (Fsp3) is 0.214. The quantitative estimate of drug-likeness (QED) is 0.929. The van der Waals surface area contributed by atoms with Crippen molar-refractivity contribution in [2.24, 2.45) is 0 Å². The minimum absolute atomic E-state index is 0.218. The Morgan fingerprint density at radius 3 is 2.63 bits per heavy atom. The Bertz CT molecular complexity index is 600. The van der Waals surface area contributed by atoms with Gasteiger partial charge in [0.2, 0.25) is 0 Å². The van der Waals surface area contributed by atoms with E-state index in [1.165, 1.54) is 7.11 Å². The molecule has 1 heterocycles. The second-order valence-corrected chi connectivity index (χ2v) is 4.56. The van der Waals surface area contributed by atoms with Gasteiger partial charge in [-0.2, -0.15) is 0 Å². The maximum absolute atomic E-state index is 12.1. The molecule has 0 radical (unpaired) electrons. The third-order valence-electron chi connectivity index (χ3n) is 2.80. The van der Waals surface area contributed by atoms with Gasteiger partial charge in [-0.1, -0.05) is 11.6 Å². The van der Waals surface area contributed by atoms with Crippen molar-refractivity contribution < 1.29 is 13.9 Å². The van der Waals surface area contributed by atoms with Crippen molar-refractivity contribution in [3.63, 3.8) is 0 Å². The van der Waals surface area contributed by atoms with Gasteiger partial charge in [-0.25, -0.2) is 0 Å². The number of nitrogens with one attached hydrogen (secondary N) is 1. The van der Waals surface area contributed by atoms with Crippen LogP contribution >= 0.6 is 11.6 Å². The first-order valence-corrected chi connectivity index (χ1v) is 6.10. The molecule has 0 fully saturated rings. The molecule has 2 rings (SSSR count). The summed E-state index contributed by atoms with van der Waals surface area (Å²) in [4.78, 5) is 12.1. The maximum Gasteiger partial charge on any atom is 0.259 e. The van der Waals surface area contributed by atoms with Crippen LogP contribution in [0.3, 0.4) is 0 Å². The molecule has 1 aromatic carbocycles. The van der Waals surface area contributed by atoms with Gasteiger partial charge in [0.1, 0.15) is 11.5 Å². The van der Waals surface area contributed by atoms with E-state index in [1.807, 2.05) is 6.92 Å². The van der Waals surface area contributed by atoms with Gasteiger partial charge in [-0.15, -0.1) is 0 Å². The molecule has 100 valence electrons. The van der Waals surface area contributed by atoms with Crippen molar-refractivity contribution in [2.45, 2.75) is 13.8 Å². The molecular weight excluding hydrogens is 266 g/mol. The topological polar surface area (TPSA) is 51.5 Å². The minimum atomic E-state index is -0.218. The van der Waals surface area contributed by atoms with E-state index in [4.69, 9.17) is 20.8 Å². The molecule has 0 aliphatic heterocycles. The van der Waals surface area contributed by atoms with Gasteiger partial charge < -0.3 is 14.5 Å². The van der Waals surface area contributed by atoms with Crippen LogP contribution in [0.5, 0.6) is 5.75 Å². The van der Waals surface area contributed by atoms with Gasteiger partial charge in [-0.3, -0.25) is 4.79 Å². The Kier molecular flexibility index (Phi) is 3.81. The fourth-order valence-electron chi connectivity index (χ4n) is 1.85. The van der Waals surface area contributed by atoms with E-state index in [0.29, 0.717) is 27.8 Å². The number of hydrogen-bond acceptors (Lipinski definition) is 3. The van der Waals surface area contributed by atoms with Crippen LogP contribution in [0.15, 0.2) is 28.9 Å². The number of ether oxygens (including phenoxy) is 1. The van der Waals surface area contributed by atoms with Crippen LogP contribution in [0.1, 0.15) is 21.7 Å². The molecule has 1 N–H and O–H groups in total. The number of methoxy groups -OCH3 is 1. The standard InChI is InChI=1S/C14H14ClNO3/c1-8-7-19-9(2)13(8)14(17)16-10-4-5-12(18-3)11(15)6-10/h4-7H,1-3H3,(H,16,17). The van der Waals surface area contributed by atoms with Crippen molar-refractivity contribution in [3.05, 3.63) is 46.4 Å². The third-order valence-corrected chi connectivity index (χ3v) is 3.09. The molecule has 2 aromatic rings. The lowest BCUT2D eigenvalue weighted by Gasteiger charge is -2.08. The van der Waals surface area contributed by atoms with Crippen molar-refractivity contribution in [2.75, 3.05) is 12.4 Å². The summed E-state index contributed by atoms with van der Waals surface area (Å²) in [6, 6.07) is 5.07. The van der Waals surface area contributed by atoms with Gasteiger partial charge in [0.25, 0.3) is 5.91 Å². The SMILES string of the molecule is COc1ccc(NC(=O)c2c(C)coc2C)cc1Cl. The predicted octanol–water partition coefficient (Wildman–Crippen LogP) is 3.81. The van der Waals surface area contributed by atoms with E-state index in [1.54, 1.807) is 31.4 Å². The summed E-state index contributed by atoms with van der Waals surface area (Å²) < 4.78 is 10.3. The Labute approximate surface area is 116 Å². The summed E-state index contributed by atoms with van der Waals surface area (Å²) in [5, 5.41) is 3.22. The molecule has 0 aliphatic carbocycles. The van der Waals surface area contributed by atoms with Crippen LogP contribution in [0.4, 0.5) is 5.69 Å². The number of furan rings is 1. The average molecular weight is 280 g/mol. The van der Waals surface area contributed by atoms with Crippen molar-refractivity contribution in [1.82, 2.24) is 0 Å². The number of carbonyl (C=O) groups excluding carboxylic acids is 1. The lowest BCUT2D eigenvalue weighted by Crippen LogP contribution is -2.13. The number of halogens is 1. The zero-order chi connectivity index (χ0) is 14.0. The number of aryl methyl sites for hydroxylation is 2. The van der Waals surface area contributed by atoms with Crippen LogP contribution in [-0.2, 0) is 0 Å². The average Bonchev–Trinajstić information content (AvgIpc) is 2.69. The fourth-order valence-corrected chi connectivity index (χ4v) is 2.11. The highest BCUT2D eigenvalue weighted by Crippen LogP contribution is 2.27. The number of anilines is 1. The second kappa shape index (κ2) is 5.36. The molecule has 0 aliphatic rings. The molecule has 19 heavy (non-hydrogen) atoms. The number of rotatable bonds is 3. The van der Waals surface area contributed by atoms with Gasteiger partial charge in [0.05, 0.1) is 24.0 Å². The Morgan fingerprint density at radius 2 is 2.11 bits per heavy atom. The summed E-state index contributed by atoms with van der Waals surface area (Å²) in [5.74, 6) is 0.940. The van der Waals surface area contributed by atoms with E-state index in [-0.39, 0.29) is 5.91 Å². The first-order valence-electron chi connectivity index (χ1n) is 5.72. The van der Waals surface area contributed by atoms with Crippen molar-refractivity contribution in [1.29, 1.82) is 0 Å². The largest absolute Gasteiger partial charge is 0.495 e. The van der Waals surface area contributed by atoms with Gasteiger partial charge in [-0.05, 0) is 32.0 Å². The monoisotopic (exact) mass is 279 g/mol. The first-order chi connectivity index (χ1) is 9.02. The molecule has 0 saturated carbocycles. The molecule has 0 saturated heterocycles. The Balaban J connectivity index is 2.22. The summed E-state index contributed by atoms with van der Waals surface area (Å²) >= 11 is 6.01. The zero-order valence-electron chi connectivity index (χ0n) is 10.9. The zero-order valence-corrected chi connectivity index (χ0v) is 11.7. The summed E-state index contributed by atoms with van der Waals surface area (Å²) in [6.07, 6.45) is 1.56. The molecule has 0 unspecified atom stereocenters. The number of hydrogen-bond donors (Lipinski definition) is 1. The predicted molar refractivity (Wildman–Crippen MR) is 74.1 cm³/mol. The molecular formula is C14H14ClNO3. The molecule has 0 bridgehead atoms. The normalized spacial score (nSPS) is 10.3. The lowest BCUT2D eigenvalue weighted by atomic mass is 10.1. The third kappa shape index (κ3) is 2.74. The van der Waals surface area contributed by atoms with Crippen LogP contribution in [0.2, 0.25) is 5.02 Å². The van der Waals surface area contributed by atoms with Crippen molar-refractivity contribution >= 4 is 23.2 Å². The van der Waals surface area contributed by atoms with Crippen LogP contribution < -0.4 is 10.1 Å². The summed E-state index contributed by atoms with van der Waals surface area (Å²) in [5.41, 5.74) is 1.96. The number of benzene rings is 1. The van der Waals surface area contributed by atoms with Gasteiger partial charge in [0.15, 0.2) is 0 Å². The van der Waals surface area contributed by atoms with E-state index in [0.717, 1.165) is 5.56 Å². The Morgan fingerprint density at radius 1 is 1.37 bits per heavy atom. The number of carbonyl (C=O) groups is 1. The minimum Gasteiger partial charge on any atom is -0.495 e. The van der Waals surface area contributed by atoms with Gasteiger partial charge >= 0.3 is 0 Å². The molecule has 0 atom stereocenters. The highest BCUT2D eigenvalue weighted by Gasteiger charge is 2.16. The molecule has 4 nitrogen and oxygen atoms in total. The first kappa shape index (κ1) is 13.5. The summed E-state index contributed by atoms with van der Waals surface area (Å²) in [7, 11) is 1.54. The number of amides is 1. The molecule has 1 amide bonds. The van der Waals surface area contributed by atoms with E-state index in [2.05, 4.69) is 5.32 Å². The molecule has 5 heteroatoms. The second-order valence-electron chi connectivity index (χ2n) is 4.15. The maximum atomic E-state index is 12.1. The van der Waals surface area contributed by atoms with Crippen molar-refractivity contribution in [3.8, 4) is 5.75 Å². The van der Waals surface area contributed by atoms with E-state index >= 15 is 0 Å². The smallest absolute Gasteiger partial charge is 0.259 e. The van der Waals surface area contributed by atoms with Crippen LogP contribution in [0.25, 0.3) is 0 Å². The van der Waals surface area contributed by atoms with Gasteiger partial charge in [0, 0.05) is 11.3 Å². The van der Waals surface area contributed by atoms with Crippen LogP contribution in [0, 0.1) is 13.8 Å².